The third-order valence-corrected chi connectivity index (χ3v) is 5.24. The maximum atomic E-state index is 11.9. The summed E-state index contributed by atoms with van der Waals surface area (Å²) in [6.45, 7) is -1.17. The number of ether oxygens (including phenoxy) is 1. The normalized spacial score (nSPS) is 18.2. The van der Waals surface area contributed by atoms with Gasteiger partial charge in [0.15, 0.2) is 5.65 Å². The minimum atomic E-state index is -2.46. The minimum absolute atomic E-state index is 0.153. The molecule has 1 aliphatic rings. The molecular weight excluding hydrogens is 384 g/mol. The van der Waals surface area contributed by atoms with E-state index in [2.05, 4.69) is 30.6 Å². The second-order valence-corrected chi connectivity index (χ2v) is 6.99. The molecule has 10 heteroatoms. The topological polar surface area (TPSA) is 110 Å². The predicted octanol–water partition coefficient (Wildman–Crippen LogP) is 2.50. The van der Waals surface area contributed by atoms with E-state index in [0.717, 1.165) is 23.0 Å². The van der Waals surface area contributed by atoms with Gasteiger partial charge in [-0.05, 0) is 18.6 Å². The molecule has 0 saturated carbocycles. The number of amides is 2. The van der Waals surface area contributed by atoms with Crippen molar-refractivity contribution in [1.82, 2.24) is 29.5 Å². The maximum absolute atomic E-state index is 11.9. The molecular formula is C20H22N8O2. The molecule has 5 rings (SSSR count). The standard InChI is InChI=1S/C20H22N8O2/c1-21-17-8-15(25-19-16(9-24-28(17)19)26-20(29)22-2)14-10-27(12-5-7-30-11-12)18-13(14)4-3-6-23-18/h3-4,6,8-10,12,21H,5,7,11H2,1-2H3,(H2,22,26,29)/i1D3. The van der Waals surface area contributed by atoms with E-state index < -0.39 is 13.0 Å². The van der Waals surface area contributed by atoms with Crippen LogP contribution in [-0.2, 0) is 4.74 Å². The molecule has 1 aliphatic heterocycles. The Morgan fingerprint density at radius 1 is 1.40 bits per heavy atom. The van der Waals surface area contributed by atoms with Crippen LogP contribution in [0.1, 0.15) is 16.6 Å². The van der Waals surface area contributed by atoms with Crippen LogP contribution < -0.4 is 16.0 Å². The van der Waals surface area contributed by atoms with Gasteiger partial charge in [-0.3, -0.25) is 0 Å². The predicted molar refractivity (Wildman–Crippen MR) is 114 cm³/mol. The van der Waals surface area contributed by atoms with E-state index in [9.17, 15) is 4.79 Å². The van der Waals surface area contributed by atoms with Crippen molar-refractivity contribution >= 4 is 34.2 Å². The van der Waals surface area contributed by atoms with Crippen LogP contribution in [0.4, 0.5) is 16.3 Å². The van der Waals surface area contributed by atoms with Gasteiger partial charge >= 0.3 is 6.03 Å². The molecule has 0 bridgehead atoms. The lowest BCUT2D eigenvalue weighted by Crippen LogP contribution is -2.24. The molecule has 2 amide bonds. The molecule has 4 aromatic rings. The summed E-state index contributed by atoms with van der Waals surface area (Å²) in [5.74, 6) is 0.217. The molecule has 0 aliphatic carbocycles. The number of nitrogens with one attached hydrogen (secondary N) is 3. The number of anilines is 2. The largest absolute Gasteiger partial charge is 0.379 e. The third kappa shape index (κ3) is 2.92. The van der Waals surface area contributed by atoms with Gasteiger partial charge in [0.25, 0.3) is 0 Å². The Balaban J connectivity index is 1.71. The van der Waals surface area contributed by atoms with Crippen molar-refractivity contribution in [2.45, 2.75) is 12.5 Å². The number of pyridine rings is 1. The molecule has 3 N–H and O–H groups in total. The zero-order valence-corrected chi connectivity index (χ0v) is 16.2. The van der Waals surface area contributed by atoms with Crippen molar-refractivity contribution < 1.29 is 13.6 Å². The Morgan fingerprint density at radius 3 is 3.13 bits per heavy atom. The molecule has 10 nitrogen and oxygen atoms in total. The first-order valence-electron chi connectivity index (χ1n) is 11.0. The third-order valence-electron chi connectivity index (χ3n) is 5.24. The van der Waals surface area contributed by atoms with Gasteiger partial charge in [0.05, 0.1) is 24.5 Å². The highest BCUT2D eigenvalue weighted by Gasteiger charge is 2.23. The second-order valence-electron chi connectivity index (χ2n) is 6.99. The number of hydrogen-bond donors (Lipinski definition) is 3. The van der Waals surface area contributed by atoms with Crippen LogP contribution in [0.5, 0.6) is 0 Å². The summed E-state index contributed by atoms with van der Waals surface area (Å²) in [5.41, 5.74) is 2.75. The van der Waals surface area contributed by atoms with Gasteiger partial charge < -0.3 is 25.3 Å². The summed E-state index contributed by atoms with van der Waals surface area (Å²) in [4.78, 5) is 21.2. The van der Waals surface area contributed by atoms with Crippen LogP contribution in [0.15, 0.2) is 36.8 Å². The smallest absolute Gasteiger partial charge is 0.319 e. The first kappa shape index (κ1) is 15.2. The fraction of sp³-hybridized carbons (Fsp3) is 0.300. The number of carbonyl (C=O) groups is 1. The summed E-state index contributed by atoms with van der Waals surface area (Å²) in [6.07, 6.45) is 6.00. The maximum Gasteiger partial charge on any atom is 0.319 e. The van der Waals surface area contributed by atoms with Gasteiger partial charge in [0.1, 0.15) is 17.2 Å². The molecule has 1 fully saturated rings. The van der Waals surface area contributed by atoms with Gasteiger partial charge in [-0.2, -0.15) is 9.61 Å². The second kappa shape index (κ2) is 7.30. The first-order valence-corrected chi connectivity index (χ1v) is 9.53. The van der Waals surface area contributed by atoms with Gasteiger partial charge in [0, 0.05) is 54.2 Å². The average Bonchev–Trinajstić information content (AvgIpc) is 3.51. The number of urea groups is 1. The number of aromatic nitrogens is 5. The van der Waals surface area contributed by atoms with E-state index in [1.165, 1.54) is 17.8 Å². The highest BCUT2D eigenvalue weighted by Crippen LogP contribution is 2.34. The Kier molecular flexibility index (Phi) is 3.70. The fourth-order valence-electron chi connectivity index (χ4n) is 3.77. The summed E-state index contributed by atoms with van der Waals surface area (Å²) in [5, 5.41) is 12.8. The van der Waals surface area contributed by atoms with Gasteiger partial charge in [-0.25, -0.2) is 14.8 Å². The molecule has 1 unspecified atom stereocenters. The molecule has 1 atom stereocenters. The van der Waals surface area contributed by atoms with Crippen molar-refractivity contribution in [3.05, 3.63) is 36.8 Å². The lowest BCUT2D eigenvalue weighted by atomic mass is 10.1. The highest BCUT2D eigenvalue weighted by atomic mass is 16.5. The number of carbonyl (C=O) groups excluding carboxylic acids is 1. The molecule has 0 aromatic carbocycles. The Morgan fingerprint density at radius 2 is 2.33 bits per heavy atom. The van der Waals surface area contributed by atoms with Crippen LogP contribution in [0, 0.1) is 0 Å². The zero-order valence-electron chi connectivity index (χ0n) is 19.2. The lowest BCUT2D eigenvalue weighted by molar-refractivity contribution is 0.187. The van der Waals surface area contributed by atoms with Gasteiger partial charge in [-0.1, -0.05) is 0 Å². The fourth-order valence-corrected chi connectivity index (χ4v) is 3.77. The average molecular weight is 409 g/mol. The van der Waals surface area contributed by atoms with E-state index in [4.69, 9.17) is 13.8 Å². The zero-order chi connectivity index (χ0) is 23.2. The van der Waals surface area contributed by atoms with E-state index in [0.29, 0.717) is 30.2 Å². The van der Waals surface area contributed by atoms with Crippen molar-refractivity contribution in [3.63, 3.8) is 0 Å². The van der Waals surface area contributed by atoms with Crippen LogP contribution in [0.3, 0.4) is 0 Å². The van der Waals surface area contributed by atoms with Crippen molar-refractivity contribution in [1.29, 1.82) is 0 Å². The molecule has 0 radical (unpaired) electrons. The quantitative estimate of drug-likeness (QED) is 0.478. The Labute approximate surface area is 176 Å². The summed E-state index contributed by atoms with van der Waals surface area (Å²) < 4.78 is 32.0. The summed E-state index contributed by atoms with van der Waals surface area (Å²) in [6, 6.07) is 5.14. The van der Waals surface area contributed by atoms with Crippen molar-refractivity contribution in [2.75, 3.05) is 37.9 Å². The number of rotatable bonds is 4. The van der Waals surface area contributed by atoms with Crippen molar-refractivity contribution in [2.24, 2.45) is 0 Å². The molecule has 5 heterocycles. The molecule has 4 aromatic heterocycles. The molecule has 30 heavy (non-hydrogen) atoms. The van der Waals surface area contributed by atoms with E-state index >= 15 is 0 Å². The number of nitrogens with zero attached hydrogens (tertiary/aromatic N) is 5. The van der Waals surface area contributed by atoms with Gasteiger partial charge in [0.2, 0.25) is 0 Å². The molecule has 1 saturated heterocycles. The van der Waals surface area contributed by atoms with Gasteiger partial charge in [-0.15, -0.1) is 0 Å². The SMILES string of the molecule is [2H]C([2H])([2H])Nc1cc(-c2cn(C3CCOC3)c3ncccc23)nc2c(NC(=O)NC)cnn12. The highest BCUT2D eigenvalue weighted by molar-refractivity contribution is 5.96. The number of hydrogen-bond acceptors (Lipinski definition) is 6. The van der Waals surface area contributed by atoms with Crippen LogP contribution >= 0.6 is 0 Å². The van der Waals surface area contributed by atoms with Crippen molar-refractivity contribution in [3.8, 4) is 11.3 Å². The molecule has 154 valence electrons. The monoisotopic (exact) mass is 409 g/mol. The summed E-state index contributed by atoms with van der Waals surface area (Å²) >= 11 is 0. The minimum Gasteiger partial charge on any atom is -0.379 e. The van der Waals surface area contributed by atoms with Crippen LogP contribution in [0.25, 0.3) is 27.9 Å². The van der Waals surface area contributed by atoms with E-state index in [1.54, 1.807) is 12.3 Å². The first-order chi connectivity index (χ1) is 15.8. The van der Waals surface area contributed by atoms with E-state index in [1.807, 2.05) is 18.3 Å². The Hall–Kier alpha value is -3.66. The number of fused-ring (bicyclic) bond motifs is 2. The van der Waals surface area contributed by atoms with Crippen LogP contribution in [-0.4, -0.2) is 57.4 Å². The van der Waals surface area contributed by atoms with Crippen LogP contribution in [0.2, 0.25) is 0 Å². The van der Waals surface area contributed by atoms with E-state index in [-0.39, 0.29) is 11.9 Å². The molecule has 0 spiro atoms. The lowest BCUT2D eigenvalue weighted by Gasteiger charge is -2.10. The summed E-state index contributed by atoms with van der Waals surface area (Å²) in [7, 11) is 1.50. The Bertz CT molecular complexity index is 1340.